The van der Waals surface area contributed by atoms with Crippen LogP contribution < -0.4 is 10.9 Å². The van der Waals surface area contributed by atoms with Crippen LogP contribution in [0.15, 0.2) is 10.9 Å². The minimum Gasteiger partial charge on any atom is -0.355 e. The van der Waals surface area contributed by atoms with Gasteiger partial charge in [-0.1, -0.05) is 6.92 Å². The number of fused-ring (bicyclic) bond motifs is 3. The lowest BCUT2D eigenvalue weighted by Gasteiger charge is -2.14. The fourth-order valence-corrected chi connectivity index (χ4v) is 5.39. The molecule has 0 fully saturated rings. The molecule has 0 spiro atoms. The van der Waals surface area contributed by atoms with E-state index in [-0.39, 0.29) is 5.56 Å². The number of nitrogens with zero attached hydrogens (tertiary/aromatic N) is 4. The van der Waals surface area contributed by atoms with Crippen LogP contribution in [-0.4, -0.2) is 25.9 Å². The van der Waals surface area contributed by atoms with Crippen molar-refractivity contribution in [3.63, 3.8) is 0 Å². The molecule has 0 aromatic carbocycles. The fraction of sp³-hybridized carbons (Fsp3) is 0.571. The van der Waals surface area contributed by atoms with Crippen molar-refractivity contribution in [2.75, 3.05) is 11.9 Å². The molecule has 1 aliphatic rings. The zero-order valence-electron chi connectivity index (χ0n) is 17.0. The average Bonchev–Trinajstić information content (AvgIpc) is 3.20. The fourth-order valence-electron chi connectivity index (χ4n) is 4.13. The van der Waals surface area contributed by atoms with E-state index in [1.165, 1.54) is 29.0 Å². The second kappa shape index (κ2) is 8.07. The maximum absolute atomic E-state index is 13.2. The quantitative estimate of drug-likeness (QED) is 0.609. The highest BCUT2D eigenvalue weighted by Crippen LogP contribution is 2.34. The van der Waals surface area contributed by atoms with E-state index in [1.807, 2.05) is 16.2 Å². The Bertz CT molecular complexity index is 1050. The first-order chi connectivity index (χ1) is 13.6. The minimum absolute atomic E-state index is 0.132. The third kappa shape index (κ3) is 3.60. The SMILES string of the molecule is CCCn1c(NCCCn2nc(C)cc2C)nc2sc3c(c2c1=O)CCCC3. The van der Waals surface area contributed by atoms with E-state index in [9.17, 15) is 4.79 Å². The lowest BCUT2D eigenvalue weighted by molar-refractivity contribution is 0.570. The maximum Gasteiger partial charge on any atom is 0.263 e. The predicted molar refractivity (Wildman–Crippen MR) is 116 cm³/mol. The number of aryl methyl sites for hydroxylation is 5. The molecule has 0 radical (unpaired) electrons. The van der Waals surface area contributed by atoms with Gasteiger partial charge in [-0.3, -0.25) is 14.0 Å². The molecule has 1 N–H and O–H groups in total. The van der Waals surface area contributed by atoms with Gasteiger partial charge in [0.1, 0.15) is 4.83 Å². The van der Waals surface area contributed by atoms with Gasteiger partial charge >= 0.3 is 0 Å². The van der Waals surface area contributed by atoms with Crippen molar-refractivity contribution in [1.29, 1.82) is 0 Å². The van der Waals surface area contributed by atoms with Crippen LogP contribution in [0.1, 0.15) is 54.4 Å². The largest absolute Gasteiger partial charge is 0.355 e. The molecule has 1 aliphatic carbocycles. The Hall–Kier alpha value is -2.15. The van der Waals surface area contributed by atoms with Gasteiger partial charge in [-0.05, 0) is 64.0 Å². The van der Waals surface area contributed by atoms with Crippen LogP contribution in [0.2, 0.25) is 0 Å². The molecule has 6 nitrogen and oxygen atoms in total. The summed E-state index contributed by atoms with van der Waals surface area (Å²) in [5, 5.41) is 8.82. The number of thiophene rings is 1. The third-order valence-corrected chi connectivity index (χ3v) is 6.64. The molecule has 7 heteroatoms. The van der Waals surface area contributed by atoms with Crippen molar-refractivity contribution in [1.82, 2.24) is 19.3 Å². The molecule has 3 aromatic rings. The monoisotopic (exact) mass is 399 g/mol. The molecule has 0 amide bonds. The molecule has 28 heavy (non-hydrogen) atoms. The molecule has 0 bridgehead atoms. The van der Waals surface area contributed by atoms with Crippen LogP contribution in [0, 0.1) is 13.8 Å². The summed E-state index contributed by atoms with van der Waals surface area (Å²) in [6.07, 6.45) is 6.37. The number of hydrogen-bond donors (Lipinski definition) is 1. The maximum atomic E-state index is 13.2. The third-order valence-electron chi connectivity index (χ3n) is 5.46. The Balaban J connectivity index is 1.56. The van der Waals surface area contributed by atoms with E-state index in [1.54, 1.807) is 11.3 Å². The first kappa shape index (κ1) is 19.2. The molecule has 0 saturated carbocycles. The van der Waals surface area contributed by atoms with Gasteiger partial charge in [-0.25, -0.2) is 4.98 Å². The predicted octanol–water partition coefficient (Wildman–Crippen LogP) is 4.06. The zero-order chi connectivity index (χ0) is 19.7. The molecular weight excluding hydrogens is 370 g/mol. The van der Waals surface area contributed by atoms with Gasteiger partial charge in [-0.2, -0.15) is 5.10 Å². The Morgan fingerprint density at radius 1 is 1.21 bits per heavy atom. The molecule has 0 aliphatic heterocycles. The van der Waals surface area contributed by atoms with Gasteiger partial charge in [0.2, 0.25) is 5.95 Å². The van der Waals surface area contributed by atoms with Crippen LogP contribution in [-0.2, 0) is 25.9 Å². The minimum atomic E-state index is 0.132. The summed E-state index contributed by atoms with van der Waals surface area (Å²) in [5.74, 6) is 0.714. The van der Waals surface area contributed by atoms with E-state index < -0.39 is 0 Å². The van der Waals surface area contributed by atoms with Crippen molar-refractivity contribution >= 4 is 27.5 Å². The highest BCUT2D eigenvalue weighted by molar-refractivity contribution is 7.18. The van der Waals surface area contributed by atoms with Gasteiger partial charge in [0.25, 0.3) is 5.56 Å². The van der Waals surface area contributed by atoms with E-state index >= 15 is 0 Å². The van der Waals surface area contributed by atoms with E-state index in [2.05, 4.69) is 30.3 Å². The van der Waals surface area contributed by atoms with Crippen molar-refractivity contribution < 1.29 is 0 Å². The summed E-state index contributed by atoms with van der Waals surface area (Å²) in [6.45, 7) is 8.54. The van der Waals surface area contributed by atoms with Gasteiger partial charge in [0, 0.05) is 30.2 Å². The first-order valence-electron chi connectivity index (χ1n) is 10.4. The van der Waals surface area contributed by atoms with Crippen molar-refractivity contribution in [2.24, 2.45) is 0 Å². The number of aromatic nitrogens is 4. The van der Waals surface area contributed by atoms with Crippen LogP contribution in [0.3, 0.4) is 0 Å². The lowest BCUT2D eigenvalue weighted by Crippen LogP contribution is -2.26. The smallest absolute Gasteiger partial charge is 0.263 e. The summed E-state index contributed by atoms with van der Waals surface area (Å²) in [4.78, 5) is 20.4. The molecule has 0 saturated heterocycles. The zero-order valence-corrected chi connectivity index (χ0v) is 17.9. The van der Waals surface area contributed by atoms with Crippen molar-refractivity contribution in [2.45, 2.75) is 72.4 Å². The van der Waals surface area contributed by atoms with Gasteiger partial charge < -0.3 is 5.32 Å². The molecule has 0 atom stereocenters. The summed E-state index contributed by atoms with van der Waals surface area (Å²) >= 11 is 1.72. The highest BCUT2D eigenvalue weighted by Gasteiger charge is 2.21. The summed E-state index contributed by atoms with van der Waals surface area (Å²) in [6, 6.07) is 2.10. The lowest BCUT2D eigenvalue weighted by atomic mass is 9.97. The Morgan fingerprint density at radius 2 is 2.04 bits per heavy atom. The Kier molecular flexibility index (Phi) is 5.53. The second-order valence-electron chi connectivity index (χ2n) is 7.71. The van der Waals surface area contributed by atoms with Crippen molar-refractivity contribution in [3.05, 3.63) is 38.2 Å². The number of anilines is 1. The van der Waals surface area contributed by atoms with Gasteiger partial charge in [0.15, 0.2) is 0 Å². The molecule has 3 aromatic heterocycles. The van der Waals surface area contributed by atoms with Gasteiger partial charge in [0.05, 0.1) is 11.1 Å². The standard InChI is InChI=1S/C21H29N5OS/c1-4-11-25-20(27)18-16-8-5-6-9-17(16)28-19(18)23-21(25)22-10-7-12-26-15(3)13-14(2)24-26/h13H,4-12H2,1-3H3,(H,22,23). The number of hydrogen-bond acceptors (Lipinski definition) is 5. The molecular formula is C21H29N5OS. The Morgan fingerprint density at radius 3 is 2.79 bits per heavy atom. The van der Waals surface area contributed by atoms with Crippen LogP contribution in [0.25, 0.3) is 10.2 Å². The Labute approximate surface area is 169 Å². The molecule has 150 valence electrons. The second-order valence-corrected chi connectivity index (χ2v) is 8.80. The summed E-state index contributed by atoms with van der Waals surface area (Å²) in [5.41, 5.74) is 3.64. The molecule has 4 rings (SSSR count). The van der Waals surface area contributed by atoms with Crippen LogP contribution >= 0.6 is 11.3 Å². The highest BCUT2D eigenvalue weighted by atomic mass is 32.1. The van der Waals surface area contributed by atoms with E-state index in [4.69, 9.17) is 4.98 Å². The summed E-state index contributed by atoms with van der Waals surface area (Å²) in [7, 11) is 0. The number of nitrogens with one attached hydrogen (secondary N) is 1. The average molecular weight is 400 g/mol. The van der Waals surface area contributed by atoms with Gasteiger partial charge in [-0.15, -0.1) is 11.3 Å². The van der Waals surface area contributed by atoms with Crippen LogP contribution in [0.4, 0.5) is 5.95 Å². The molecule has 3 heterocycles. The summed E-state index contributed by atoms with van der Waals surface area (Å²) < 4.78 is 3.88. The van der Waals surface area contributed by atoms with Crippen molar-refractivity contribution in [3.8, 4) is 0 Å². The normalized spacial score (nSPS) is 13.8. The first-order valence-corrected chi connectivity index (χ1v) is 11.2. The van der Waals surface area contributed by atoms with E-state index in [0.29, 0.717) is 12.5 Å². The molecule has 0 unspecified atom stereocenters. The number of rotatable bonds is 7. The van der Waals surface area contributed by atoms with Crippen LogP contribution in [0.5, 0.6) is 0 Å². The topological polar surface area (TPSA) is 64.7 Å². The van der Waals surface area contributed by atoms with E-state index in [0.717, 1.165) is 54.7 Å².